The number of nitrogens with zero attached hydrogens (tertiary/aromatic N) is 1. The van der Waals surface area contributed by atoms with Crippen molar-refractivity contribution in [3.63, 3.8) is 0 Å². The third-order valence-electron chi connectivity index (χ3n) is 5.06. The fraction of sp³-hybridized carbons (Fsp3) is 0.833. The quantitative estimate of drug-likeness (QED) is 0.715. The summed E-state index contributed by atoms with van der Waals surface area (Å²) in [4.78, 5) is 13.8. The fourth-order valence-corrected chi connectivity index (χ4v) is 2.85. The number of hydrogen-bond donors (Lipinski definition) is 0. The summed E-state index contributed by atoms with van der Waals surface area (Å²) in [5, 5.41) is 0. The molecule has 0 aliphatic carbocycles. The van der Waals surface area contributed by atoms with Crippen molar-refractivity contribution in [1.82, 2.24) is 4.90 Å². The Morgan fingerprint density at radius 1 is 1.28 bits per heavy atom. The van der Waals surface area contributed by atoms with Gasteiger partial charge in [-0.3, -0.25) is 0 Å². The second-order valence-corrected chi connectivity index (χ2v) is 8.99. The van der Waals surface area contributed by atoms with E-state index in [1.165, 1.54) is 6.08 Å². The Morgan fingerprint density at radius 2 is 1.84 bits per heavy atom. The Hall–Kier alpha value is -1.08. The van der Waals surface area contributed by atoms with E-state index in [1.54, 1.807) is 4.90 Å². The molecule has 1 amide bonds. The van der Waals surface area contributed by atoms with Crippen LogP contribution in [0.4, 0.5) is 9.18 Å². The van der Waals surface area contributed by atoms with Gasteiger partial charge in [-0.1, -0.05) is 6.08 Å². The van der Waals surface area contributed by atoms with Gasteiger partial charge in [0.25, 0.3) is 0 Å². The Kier molecular flexibility index (Phi) is 5.60. The lowest BCUT2D eigenvalue weighted by Crippen LogP contribution is -2.41. The van der Waals surface area contributed by atoms with Crippen LogP contribution in [0.5, 0.6) is 0 Å². The molecule has 0 saturated carbocycles. The number of rotatable bonds is 3. The summed E-state index contributed by atoms with van der Waals surface area (Å²) in [5.41, 5.74) is -2.00. The molecule has 0 aromatic heterocycles. The van der Waals surface area contributed by atoms with Gasteiger partial charge in [0.15, 0.2) is 0 Å². The van der Waals surface area contributed by atoms with Gasteiger partial charge in [0.2, 0.25) is 0 Å². The zero-order chi connectivity index (χ0) is 19.0. The highest BCUT2D eigenvalue weighted by Gasteiger charge is 2.53. The molecule has 2 aliphatic heterocycles. The second kappa shape index (κ2) is 6.91. The van der Waals surface area contributed by atoms with Crippen LogP contribution in [-0.4, -0.2) is 48.0 Å². The molecule has 25 heavy (non-hydrogen) atoms. The Bertz CT molecular complexity index is 526. The Balaban J connectivity index is 1.86. The summed E-state index contributed by atoms with van der Waals surface area (Å²) >= 11 is 0. The molecule has 2 aliphatic rings. The van der Waals surface area contributed by atoms with Gasteiger partial charge in [0.1, 0.15) is 11.3 Å². The standard InChI is InChI=1S/C18H31BFNO4/c1-16(2,3)23-15(22)21-11-10-13(12-21)8-9-14(20)19-24-17(4,5)18(6,7)25-19/h9,13H,8,10-12H2,1-7H3. The van der Waals surface area contributed by atoms with Gasteiger partial charge in [-0.25, -0.2) is 9.18 Å². The molecule has 1 unspecified atom stereocenters. The van der Waals surface area contributed by atoms with Crippen LogP contribution < -0.4 is 0 Å². The lowest BCUT2D eigenvalue weighted by Gasteiger charge is -2.32. The van der Waals surface area contributed by atoms with E-state index >= 15 is 0 Å². The van der Waals surface area contributed by atoms with E-state index in [1.807, 2.05) is 48.5 Å². The van der Waals surface area contributed by atoms with E-state index in [0.29, 0.717) is 19.5 Å². The highest BCUT2D eigenvalue weighted by Crippen LogP contribution is 2.39. The van der Waals surface area contributed by atoms with Crippen molar-refractivity contribution >= 4 is 13.2 Å². The SMILES string of the molecule is CC(C)(C)OC(=O)N1CCC(CC=C(F)B2OC(C)(C)C(C)(C)O2)C1. The molecule has 1 atom stereocenters. The molecule has 7 heteroatoms. The number of hydrogen-bond acceptors (Lipinski definition) is 4. The molecule has 142 valence electrons. The van der Waals surface area contributed by atoms with Gasteiger partial charge in [-0.2, -0.15) is 0 Å². The molecule has 0 aromatic rings. The minimum absolute atomic E-state index is 0.223. The average Bonchev–Trinajstić information content (AvgIpc) is 2.97. The summed E-state index contributed by atoms with van der Waals surface area (Å²) in [6, 6.07) is 0. The lowest BCUT2D eigenvalue weighted by molar-refractivity contribution is 0.00578. The molecule has 0 radical (unpaired) electrons. The summed E-state index contributed by atoms with van der Waals surface area (Å²) in [5.74, 6) is 0.223. The van der Waals surface area contributed by atoms with Crippen LogP contribution in [0.25, 0.3) is 0 Å². The highest BCUT2D eigenvalue weighted by molar-refractivity contribution is 6.53. The van der Waals surface area contributed by atoms with Crippen molar-refractivity contribution in [3.8, 4) is 0 Å². The van der Waals surface area contributed by atoms with Crippen LogP contribution in [0.15, 0.2) is 11.8 Å². The predicted molar refractivity (Wildman–Crippen MR) is 95.8 cm³/mol. The van der Waals surface area contributed by atoms with Crippen LogP contribution in [0.2, 0.25) is 0 Å². The van der Waals surface area contributed by atoms with Crippen LogP contribution in [0.1, 0.15) is 61.3 Å². The number of ether oxygens (including phenoxy) is 1. The molecule has 0 bridgehead atoms. The van der Waals surface area contributed by atoms with Crippen LogP contribution in [0, 0.1) is 5.92 Å². The molecule has 2 rings (SSSR count). The van der Waals surface area contributed by atoms with Gasteiger partial charge < -0.3 is 18.9 Å². The van der Waals surface area contributed by atoms with Crippen molar-refractivity contribution in [2.24, 2.45) is 5.92 Å². The molecule has 0 spiro atoms. The minimum Gasteiger partial charge on any atom is -0.444 e. The predicted octanol–water partition coefficient (Wildman–Crippen LogP) is 4.12. The first-order valence-electron chi connectivity index (χ1n) is 9.00. The molecule has 2 heterocycles. The van der Waals surface area contributed by atoms with Crippen molar-refractivity contribution in [3.05, 3.63) is 11.8 Å². The van der Waals surface area contributed by atoms with Crippen molar-refractivity contribution < 1.29 is 23.2 Å². The Morgan fingerprint density at radius 3 is 2.36 bits per heavy atom. The third-order valence-corrected chi connectivity index (χ3v) is 5.06. The first-order chi connectivity index (χ1) is 11.3. The van der Waals surface area contributed by atoms with Crippen LogP contribution >= 0.6 is 0 Å². The molecular formula is C18H31BFNO4. The normalized spacial score (nSPS) is 26.2. The van der Waals surface area contributed by atoms with E-state index < -0.39 is 29.6 Å². The maximum atomic E-state index is 14.4. The third kappa shape index (κ3) is 4.97. The first kappa shape index (κ1) is 20.2. The molecule has 2 fully saturated rings. The van der Waals surface area contributed by atoms with Crippen molar-refractivity contribution in [1.29, 1.82) is 0 Å². The van der Waals surface area contributed by atoms with E-state index in [0.717, 1.165) is 6.42 Å². The smallest absolute Gasteiger partial charge is 0.444 e. The number of carbonyl (C=O) groups is 1. The van der Waals surface area contributed by atoms with Gasteiger partial charge in [-0.05, 0) is 67.2 Å². The molecule has 0 aromatic carbocycles. The summed E-state index contributed by atoms with van der Waals surface area (Å²) in [6.45, 7) is 14.4. The average molecular weight is 355 g/mol. The second-order valence-electron chi connectivity index (χ2n) is 8.99. The monoisotopic (exact) mass is 355 g/mol. The Labute approximate surface area is 151 Å². The number of carbonyl (C=O) groups excluding carboxylic acids is 1. The summed E-state index contributed by atoms with van der Waals surface area (Å²) < 4.78 is 31.2. The zero-order valence-corrected chi connectivity index (χ0v) is 16.5. The van der Waals surface area contributed by atoms with Gasteiger partial charge >= 0.3 is 13.2 Å². The van der Waals surface area contributed by atoms with E-state index in [9.17, 15) is 9.18 Å². The van der Waals surface area contributed by atoms with E-state index in [2.05, 4.69) is 0 Å². The van der Waals surface area contributed by atoms with E-state index in [-0.39, 0.29) is 12.0 Å². The number of allylic oxidation sites excluding steroid dienone is 1. The van der Waals surface area contributed by atoms with Gasteiger partial charge in [0, 0.05) is 13.1 Å². The van der Waals surface area contributed by atoms with Crippen molar-refractivity contribution in [2.45, 2.75) is 78.1 Å². The largest absolute Gasteiger partial charge is 0.524 e. The van der Waals surface area contributed by atoms with E-state index in [4.69, 9.17) is 14.0 Å². The topological polar surface area (TPSA) is 48.0 Å². The maximum absolute atomic E-state index is 14.4. The molecular weight excluding hydrogens is 324 g/mol. The molecule has 2 saturated heterocycles. The number of amides is 1. The molecule has 5 nitrogen and oxygen atoms in total. The number of halogens is 1. The van der Waals surface area contributed by atoms with Crippen LogP contribution in [-0.2, 0) is 14.0 Å². The lowest BCUT2D eigenvalue weighted by atomic mass is 9.86. The zero-order valence-electron chi connectivity index (χ0n) is 16.5. The maximum Gasteiger partial charge on any atom is 0.524 e. The van der Waals surface area contributed by atoms with Crippen molar-refractivity contribution in [2.75, 3.05) is 13.1 Å². The minimum atomic E-state index is -0.951. The number of likely N-dealkylation sites (tertiary alicyclic amines) is 1. The fourth-order valence-electron chi connectivity index (χ4n) is 2.85. The molecule has 0 N–H and O–H groups in total. The highest BCUT2D eigenvalue weighted by atomic mass is 19.1. The van der Waals surface area contributed by atoms with Gasteiger partial charge in [0.05, 0.1) is 11.2 Å². The first-order valence-corrected chi connectivity index (χ1v) is 9.00. The van der Waals surface area contributed by atoms with Crippen LogP contribution in [0.3, 0.4) is 0 Å². The summed E-state index contributed by atoms with van der Waals surface area (Å²) in [7, 11) is -0.951. The summed E-state index contributed by atoms with van der Waals surface area (Å²) in [6.07, 6.45) is 2.62. The van der Waals surface area contributed by atoms with Gasteiger partial charge in [-0.15, -0.1) is 0 Å².